The molecule has 2 unspecified atom stereocenters. The van der Waals surface area contributed by atoms with Gasteiger partial charge in [0.15, 0.2) is 5.96 Å². The summed E-state index contributed by atoms with van der Waals surface area (Å²) < 4.78 is 10.9. The van der Waals surface area contributed by atoms with Crippen molar-refractivity contribution in [2.24, 2.45) is 10.9 Å². The molecule has 0 amide bonds. The molecule has 0 aliphatic carbocycles. The van der Waals surface area contributed by atoms with E-state index in [-0.39, 0.29) is 6.04 Å². The van der Waals surface area contributed by atoms with E-state index in [9.17, 15) is 0 Å². The maximum atomic E-state index is 6.11. The first-order valence-corrected chi connectivity index (χ1v) is 10.7. The fourth-order valence-corrected chi connectivity index (χ4v) is 4.13. The number of nitrogens with one attached hydrogen (secondary N) is 1. The van der Waals surface area contributed by atoms with E-state index < -0.39 is 0 Å². The zero-order valence-corrected chi connectivity index (χ0v) is 17.8. The van der Waals surface area contributed by atoms with Gasteiger partial charge in [-0.3, -0.25) is 9.89 Å². The molecule has 3 rings (SSSR count). The van der Waals surface area contributed by atoms with E-state index >= 15 is 0 Å². The van der Waals surface area contributed by atoms with E-state index in [2.05, 4.69) is 34.2 Å². The van der Waals surface area contributed by atoms with Crippen LogP contribution in [0.5, 0.6) is 0 Å². The molecule has 2 saturated heterocycles. The minimum absolute atomic E-state index is 0.229. The highest BCUT2D eigenvalue weighted by molar-refractivity contribution is 6.30. The van der Waals surface area contributed by atoms with Crippen molar-refractivity contribution in [2.75, 3.05) is 66.2 Å². The molecule has 2 atom stereocenters. The Balaban J connectivity index is 1.74. The number of hydrogen-bond donors (Lipinski definition) is 1. The summed E-state index contributed by atoms with van der Waals surface area (Å²) >= 11 is 6.11. The van der Waals surface area contributed by atoms with Crippen LogP contribution in [0, 0.1) is 5.92 Å². The fraction of sp³-hybridized carbons (Fsp3) is 0.667. The summed E-state index contributed by atoms with van der Waals surface area (Å²) in [6.07, 6.45) is 1.16. The number of methoxy groups -OCH3 is 1. The van der Waals surface area contributed by atoms with Crippen LogP contribution in [0.15, 0.2) is 29.3 Å². The maximum Gasteiger partial charge on any atom is 0.193 e. The molecular weight excluding hydrogens is 376 g/mol. The van der Waals surface area contributed by atoms with Crippen LogP contribution in [0.25, 0.3) is 0 Å². The zero-order valence-electron chi connectivity index (χ0n) is 17.1. The van der Waals surface area contributed by atoms with Crippen LogP contribution in [0.3, 0.4) is 0 Å². The van der Waals surface area contributed by atoms with E-state index in [1.807, 2.05) is 12.1 Å². The van der Waals surface area contributed by atoms with Gasteiger partial charge in [0, 0.05) is 50.8 Å². The molecule has 2 heterocycles. The van der Waals surface area contributed by atoms with Gasteiger partial charge in [0.05, 0.1) is 32.4 Å². The van der Waals surface area contributed by atoms with Crippen LogP contribution in [-0.2, 0) is 9.47 Å². The molecule has 0 spiro atoms. The lowest BCUT2D eigenvalue weighted by atomic mass is 10.0. The van der Waals surface area contributed by atoms with Gasteiger partial charge >= 0.3 is 0 Å². The Morgan fingerprint density at radius 2 is 2.04 bits per heavy atom. The van der Waals surface area contributed by atoms with Gasteiger partial charge in [-0.05, 0) is 31.0 Å². The first kappa shape index (κ1) is 21.4. The normalized spacial score (nSPS) is 22.5. The number of ether oxygens (including phenoxy) is 2. The summed E-state index contributed by atoms with van der Waals surface area (Å²) in [4.78, 5) is 9.88. The summed E-state index contributed by atoms with van der Waals surface area (Å²) in [6, 6.07) is 8.40. The van der Waals surface area contributed by atoms with Crippen LogP contribution >= 0.6 is 11.6 Å². The maximum absolute atomic E-state index is 6.11. The van der Waals surface area contributed by atoms with Crippen molar-refractivity contribution in [3.8, 4) is 0 Å². The third-order valence-corrected chi connectivity index (χ3v) is 5.73. The van der Waals surface area contributed by atoms with Gasteiger partial charge in [0.25, 0.3) is 0 Å². The van der Waals surface area contributed by atoms with Gasteiger partial charge in [0.1, 0.15) is 0 Å². The molecule has 0 aromatic heterocycles. The van der Waals surface area contributed by atoms with Crippen LogP contribution < -0.4 is 5.32 Å². The summed E-state index contributed by atoms with van der Waals surface area (Å²) in [7, 11) is 1.78. The number of halogens is 1. The van der Waals surface area contributed by atoms with Crippen molar-refractivity contribution in [2.45, 2.75) is 19.4 Å². The minimum atomic E-state index is 0.229. The minimum Gasteiger partial charge on any atom is -0.384 e. The molecule has 156 valence electrons. The molecule has 0 saturated carbocycles. The van der Waals surface area contributed by atoms with Crippen molar-refractivity contribution in [3.63, 3.8) is 0 Å². The number of guanidine groups is 1. The predicted molar refractivity (Wildman–Crippen MR) is 114 cm³/mol. The molecule has 28 heavy (non-hydrogen) atoms. The lowest BCUT2D eigenvalue weighted by Gasteiger charge is -2.34. The summed E-state index contributed by atoms with van der Waals surface area (Å²) in [6.45, 7) is 9.97. The number of hydrogen-bond acceptors (Lipinski definition) is 4. The predicted octanol–water partition coefficient (Wildman–Crippen LogP) is 2.65. The van der Waals surface area contributed by atoms with Crippen LogP contribution in [-0.4, -0.2) is 82.0 Å². The van der Waals surface area contributed by atoms with Gasteiger partial charge in [-0.25, -0.2) is 0 Å². The van der Waals surface area contributed by atoms with Crippen molar-refractivity contribution >= 4 is 17.6 Å². The van der Waals surface area contributed by atoms with Crippen molar-refractivity contribution in [1.29, 1.82) is 0 Å². The Morgan fingerprint density at radius 3 is 2.71 bits per heavy atom. The Labute approximate surface area is 173 Å². The van der Waals surface area contributed by atoms with E-state index in [0.29, 0.717) is 5.92 Å². The summed E-state index contributed by atoms with van der Waals surface area (Å²) in [5, 5.41) is 4.24. The molecule has 0 radical (unpaired) electrons. The second-order valence-corrected chi connectivity index (χ2v) is 7.90. The largest absolute Gasteiger partial charge is 0.384 e. The second-order valence-electron chi connectivity index (χ2n) is 7.47. The first-order chi connectivity index (χ1) is 13.7. The highest BCUT2D eigenvalue weighted by Crippen LogP contribution is 2.24. The third-order valence-electron chi connectivity index (χ3n) is 5.48. The topological polar surface area (TPSA) is 49.3 Å². The number of rotatable bonds is 7. The smallest absolute Gasteiger partial charge is 0.193 e. The molecule has 2 aliphatic rings. The Bertz CT molecular complexity index is 619. The quantitative estimate of drug-likeness (QED) is 0.555. The molecule has 2 aliphatic heterocycles. The lowest BCUT2D eigenvalue weighted by molar-refractivity contribution is 0.0179. The van der Waals surface area contributed by atoms with Crippen molar-refractivity contribution in [1.82, 2.24) is 15.1 Å². The highest BCUT2D eigenvalue weighted by Gasteiger charge is 2.26. The Morgan fingerprint density at radius 1 is 1.29 bits per heavy atom. The van der Waals surface area contributed by atoms with Crippen LogP contribution in [0.2, 0.25) is 5.02 Å². The number of aliphatic imine (C=N–C) groups is 1. The number of morpholine rings is 1. The first-order valence-electron chi connectivity index (χ1n) is 10.3. The van der Waals surface area contributed by atoms with E-state index in [1.165, 1.54) is 5.56 Å². The fourth-order valence-electron chi connectivity index (χ4n) is 4.00. The SMILES string of the molecule is CCNC(=NCC(c1ccc(Cl)cc1)N1CCOCC1)N1CCC(COC)C1. The average molecular weight is 409 g/mol. The molecule has 1 aromatic rings. The number of nitrogens with zero attached hydrogens (tertiary/aromatic N) is 3. The van der Waals surface area contributed by atoms with E-state index in [1.54, 1.807) is 7.11 Å². The molecular formula is C21H33ClN4O2. The standard InChI is InChI=1S/C21H33ClN4O2/c1-3-23-21(26-9-8-17(15-26)16-27-2)24-14-20(25-10-12-28-13-11-25)18-4-6-19(22)7-5-18/h4-7,17,20H,3,8-16H2,1-2H3,(H,23,24). The van der Waals surface area contributed by atoms with Gasteiger partial charge in [-0.2, -0.15) is 0 Å². The zero-order chi connectivity index (χ0) is 19.8. The highest BCUT2D eigenvalue weighted by atomic mass is 35.5. The molecule has 7 heteroatoms. The molecule has 1 aromatic carbocycles. The van der Waals surface area contributed by atoms with Gasteiger partial charge in [-0.15, -0.1) is 0 Å². The van der Waals surface area contributed by atoms with Gasteiger partial charge < -0.3 is 19.7 Å². The summed E-state index contributed by atoms with van der Waals surface area (Å²) in [5.41, 5.74) is 1.25. The molecule has 1 N–H and O–H groups in total. The Hall–Kier alpha value is -1.34. The van der Waals surface area contributed by atoms with Crippen LogP contribution in [0.4, 0.5) is 0 Å². The van der Waals surface area contributed by atoms with E-state index in [4.69, 9.17) is 26.1 Å². The third kappa shape index (κ3) is 5.83. The number of likely N-dealkylation sites (tertiary alicyclic amines) is 1. The molecule has 0 bridgehead atoms. The van der Waals surface area contributed by atoms with Gasteiger partial charge in [-0.1, -0.05) is 23.7 Å². The lowest BCUT2D eigenvalue weighted by Crippen LogP contribution is -2.43. The average Bonchev–Trinajstić information content (AvgIpc) is 3.18. The molecule has 6 nitrogen and oxygen atoms in total. The monoisotopic (exact) mass is 408 g/mol. The Kier molecular flexibility index (Phi) is 8.40. The van der Waals surface area contributed by atoms with Gasteiger partial charge in [0.2, 0.25) is 0 Å². The van der Waals surface area contributed by atoms with Crippen molar-refractivity contribution < 1.29 is 9.47 Å². The van der Waals surface area contributed by atoms with Crippen LogP contribution in [0.1, 0.15) is 24.9 Å². The number of benzene rings is 1. The van der Waals surface area contributed by atoms with E-state index in [0.717, 1.165) is 76.5 Å². The second kappa shape index (κ2) is 11.0. The van der Waals surface area contributed by atoms with Crippen molar-refractivity contribution in [3.05, 3.63) is 34.9 Å². The molecule has 2 fully saturated rings. The summed E-state index contributed by atoms with van der Waals surface area (Å²) in [5.74, 6) is 1.59.